The van der Waals surface area contributed by atoms with Crippen molar-refractivity contribution in [3.8, 4) is 0 Å². The molecular weight excluding hydrogens is 404 g/mol. The van der Waals surface area contributed by atoms with Crippen molar-refractivity contribution in [1.29, 1.82) is 0 Å². The summed E-state index contributed by atoms with van der Waals surface area (Å²) in [4.78, 5) is 45.7. The third-order valence-corrected chi connectivity index (χ3v) is 7.08. The molecule has 0 amide bonds. The second-order valence-electron chi connectivity index (χ2n) is 9.86. The minimum atomic E-state index is -1.28. The van der Waals surface area contributed by atoms with Crippen LogP contribution >= 0.6 is 0 Å². The van der Waals surface area contributed by atoms with Crippen molar-refractivity contribution in [2.24, 2.45) is 10.8 Å². The van der Waals surface area contributed by atoms with Crippen LogP contribution in [0.1, 0.15) is 62.3 Å². The molecule has 2 atom stereocenters. The van der Waals surface area contributed by atoms with Gasteiger partial charge in [-0.2, -0.15) is 0 Å². The van der Waals surface area contributed by atoms with Gasteiger partial charge in [0.1, 0.15) is 11.2 Å². The van der Waals surface area contributed by atoms with Gasteiger partial charge in [-0.05, 0) is 34.6 Å². The maximum atomic E-state index is 11.8. The van der Waals surface area contributed by atoms with E-state index in [9.17, 15) is 19.2 Å². The van der Waals surface area contributed by atoms with E-state index in [2.05, 4.69) is 13.2 Å². The molecule has 2 saturated heterocycles. The minimum absolute atomic E-state index is 0.500. The maximum Gasteiger partial charge on any atom is 0.351 e. The molecule has 0 spiro atoms. The Bertz CT molecular complexity index is 802. The second-order valence-corrected chi connectivity index (χ2v) is 9.86. The summed E-state index contributed by atoms with van der Waals surface area (Å²) in [5, 5.41) is 0. The molecule has 0 aromatic carbocycles. The van der Waals surface area contributed by atoms with Crippen molar-refractivity contribution >= 4 is 23.9 Å². The summed E-state index contributed by atoms with van der Waals surface area (Å²) in [5.41, 5.74) is -3.77. The molecule has 2 heterocycles. The molecule has 2 fully saturated rings. The molecule has 2 unspecified atom stereocenters. The fourth-order valence-electron chi connectivity index (χ4n) is 3.10. The molecular formula is C23H34O8. The zero-order valence-electron chi connectivity index (χ0n) is 19.9. The fourth-order valence-corrected chi connectivity index (χ4v) is 3.10. The van der Waals surface area contributed by atoms with E-state index in [4.69, 9.17) is 18.9 Å². The van der Waals surface area contributed by atoms with Crippen LogP contribution in [-0.2, 0) is 38.1 Å². The van der Waals surface area contributed by atoms with Gasteiger partial charge in [0.05, 0.1) is 10.8 Å². The zero-order chi connectivity index (χ0) is 24.6. The van der Waals surface area contributed by atoms with Crippen LogP contribution < -0.4 is 0 Å². The monoisotopic (exact) mass is 438 g/mol. The Morgan fingerprint density at radius 1 is 0.839 bits per heavy atom. The van der Waals surface area contributed by atoms with Crippen molar-refractivity contribution in [1.82, 2.24) is 0 Å². The summed E-state index contributed by atoms with van der Waals surface area (Å²) < 4.78 is 20.6. The van der Waals surface area contributed by atoms with Crippen molar-refractivity contribution in [2.75, 3.05) is 0 Å². The van der Waals surface area contributed by atoms with Gasteiger partial charge in [0.2, 0.25) is 11.7 Å². The van der Waals surface area contributed by atoms with Gasteiger partial charge >= 0.3 is 23.9 Å². The van der Waals surface area contributed by atoms with E-state index < -0.39 is 57.6 Å². The number of carbonyl (C=O) groups is 4. The third kappa shape index (κ3) is 4.38. The number of ether oxygens (including phenoxy) is 4. The number of hydrogen-bond donors (Lipinski definition) is 0. The summed E-state index contributed by atoms with van der Waals surface area (Å²) in [6, 6.07) is 0. The van der Waals surface area contributed by atoms with E-state index in [1.54, 1.807) is 34.6 Å². The highest BCUT2D eigenvalue weighted by Gasteiger charge is 2.66. The van der Waals surface area contributed by atoms with Crippen LogP contribution in [-0.4, -0.2) is 46.8 Å². The molecule has 0 bridgehead atoms. The Labute approximate surface area is 183 Å². The van der Waals surface area contributed by atoms with Gasteiger partial charge in [-0.15, -0.1) is 0 Å². The number of esters is 4. The lowest BCUT2D eigenvalue weighted by Gasteiger charge is -2.39. The molecule has 0 N–H and O–H groups in total. The van der Waals surface area contributed by atoms with E-state index in [1.165, 1.54) is 0 Å². The average Bonchev–Trinajstić information content (AvgIpc) is 2.85. The number of rotatable bonds is 4. The van der Waals surface area contributed by atoms with E-state index in [1.807, 2.05) is 27.7 Å². The number of carbonyl (C=O) groups excluding carboxylic acids is 4. The van der Waals surface area contributed by atoms with Crippen LogP contribution in [0.25, 0.3) is 0 Å². The van der Waals surface area contributed by atoms with Gasteiger partial charge in [-0.3, -0.25) is 0 Å². The van der Waals surface area contributed by atoms with E-state index in [0.717, 1.165) is 12.2 Å². The smallest absolute Gasteiger partial charge is 0.351 e. The average molecular weight is 439 g/mol. The Kier molecular flexibility index (Phi) is 6.92. The van der Waals surface area contributed by atoms with Crippen LogP contribution in [0, 0.1) is 10.8 Å². The molecule has 8 heteroatoms. The van der Waals surface area contributed by atoms with Crippen molar-refractivity contribution in [2.45, 2.75) is 85.2 Å². The first-order valence-electron chi connectivity index (χ1n) is 9.95. The molecule has 2 rings (SSSR count). The van der Waals surface area contributed by atoms with E-state index >= 15 is 0 Å². The lowest BCUT2D eigenvalue weighted by molar-refractivity contribution is -0.173. The Morgan fingerprint density at radius 3 is 1.65 bits per heavy atom. The first kappa shape index (κ1) is 26.4. The molecule has 0 aromatic heterocycles. The molecule has 0 radical (unpaired) electrons. The van der Waals surface area contributed by atoms with Crippen molar-refractivity contribution in [3.05, 3.63) is 25.3 Å². The van der Waals surface area contributed by atoms with Gasteiger partial charge in [-0.25, -0.2) is 19.2 Å². The van der Waals surface area contributed by atoms with Gasteiger partial charge in [0.15, 0.2) is 0 Å². The SMILES string of the molecule is C=CC(=O)OC1(C)C(=O)OC(C)(C)C1(C)C.C=CC(=O)OC1C(=O)OC(C)(C)C1(C)C. The minimum Gasteiger partial charge on any atom is -0.456 e. The summed E-state index contributed by atoms with van der Waals surface area (Å²) in [5.74, 6) is -2.24. The van der Waals surface area contributed by atoms with Gasteiger partial charge in [0, 0.05) is 12.2 Å². The molecule has 0 saturated carbocycles. The largest absolute Gasteiger partial charge is 0.456 e. The predicted molar refractivity (Wildman–Crippen MR) is 113 cm³/mol. The van der Waals surface area contributed by atoms with Crippen LogP contribution in [0.3, 0.4) is 0 Å². The number of hydrogen-bond acceptors (Lipinski definition) is 8. The van der Waals surface area contributed by atoms with Crippen LogP contribution in [0.15, 0.2) is 25.3 Å². The number of cyclic esters (lactones) is 2. The highest BCUT2D eigenvalue weighted by molar-refractivity contribution is 5.90. The van der Waals surface area contributed by atoms with E-state index in [0.29, 0.717) is 0 Å². The molecule has 2 aliphatic rings. The van der Waals surface area contributed by atoms with Crippen molar-refractivity contribution < 1.29 is 38.1 Å². The first-order valence-corrected chi connectivity index (χ1v) is 9.95. The molecule has 2 aliphatic heterocycles. The normalized spacial score (nSPS) is 28.9. The Hall–Kier alpha value is -2.64. The molecule has 31 heavy (non-hydrogen) atoms. The molecule has 0 aromatic rings. The van der Waals surface area contributed by atoms with Crippen LogP contribution in [0.4, 0.5) is 0 Å². The van der Waals surface area contributed by atoms with Crippen LogP contribution in [0.5, 0.6) is 0 Å². The van der Waals surface area contributed by atoms with Crippen molar-refractivity contribution in [3.63, 3.8) is 0 Å². The van der Waals surface area contributed by atoms with Crippen LogP contribution in [0.2, 0.25) is 0 Å². The summed E-state index contributed by atoms with van der Waals surface area (Å²) in [6.45, 7) is 22.7. The zero-order valence-corrected chi connectivity index (χ0v) is 19.9. The highest BCUT2D eigenvalue weighted by atomic mass is 16.6. The maximum absolute atomic E-state index is 11.8. The van der Waals surface area contributed by atoms with E-state index in [-0.39, 0.29) is 0 Å². The quantitative estimate of drug-likeness (QED) is 0.374. The van der Waals surface area contributed by atoms with Gasteiger partial charge in [0.25, 0.3) is 0 Å². The topological polar surface area (TPSA) is 105 Å². The second kappa shape index (κ2) is 8.13. The summed E-state index contributed by atoms with van der Waals surface area (Å²) >= 11 is 0. The predicted octanol–water partition coefficient (Wildman–Crippen LogP) is 3.28. The molecule has 174 valence electrons. The fraction of sp³-hybridized carbons (Fsp3) is 0.652. The Balaban J connectivity index is 0.000000311. The lowest BCUT2D eigenvalue weighted by atomic mass is 9.68. The standard InChI is InChI=1S/C12H18O4.C11H16O4/c1-7-8(13)15-12(6)9(14)16-11(4,5)10(12,2)3;1-6-7(12)14-8-9(13)15-11(4,5)10(8,2)3/h7H,1H2,2-6H3;6,8H,1H2,2-5H3. The van der Waals surface area contributed by atoms with Gasteiger partial charge < -0.3 is 18.9 Å². The summed E-state index contributed by atoms with van der Waals surface area (Å²) in [6.07, 6.45) is 1.22. The molecule has 8 nitrogen and oxygen atoms in total. The third-order valence-electron chi connectivity index (χ3n) is 7.08. The van der Waals surface area contributed by atoms with Gasteiger partial charge in [-0.1, -0.05) is 40.9 Å². The Morgan fingerprint density at radius 2 is 1.32 bits per heavy atom. The molecule has 0 aliphatic carbocycles. The summed E-state index contributed by atoms with van der Waals surface area (Å²) in [7, 11) is 0. The first-order chi connectivity index (χ1) is 13.8. The lowest BCUT2D eigenvalue weighted by Crippen LogP contribution is -2.52. The highest BCUT2D eigenvalue weighted by Crippen LogP contribution is 2.51.